The molecule has 1 aromatic carbocycles. The summed E-state index contributed by atoms with van der Waals surface area (Å²) < 4.78 is 0. The zero-order valence-electron chi connectivity index (χ0n) is 14.6. The van der Waals surface area contributed by atoms with Gasteiger partial charge in [0.2, 0.25) is 0 Å². The Hall–Kier alpha value is -2.51. The summed E-state index contributed by atoms with van der Waals surface area (Å²) in [7, 11) is 0. The predicted octanol–water partition coefficient (Wildman–Crippen LogP) is 4.51. The first-order valence-corrected chi connectivity index (χ1v) is 8.43. The van der Waals surface area contributed by atoms with E-state index in [9.17, 15) is 20.2 Å². The van der Waals surface area contributed by atoms with E-state index in [4.69, 9.17) is 0 Å². The van der Waals surface area contributed by atoms with Gasteiger partial charge in [0.05, 0.1) is 15.9 Å². The van der Waals surface area contributed by atoms with Crippen LogP contribution in [0.5, 0.6) is 0 Å². The molecule has 134 valence electrons. The second-order valence-corrected chi connectivity index (χ2v) is 7.71. The molecule has 0 aliphatic heterocycles. The third-order valence-electron chi connectivity index (χ3n) is 6.50. The first-order chi connectivity index (χ1) is 11.7. The number of benzene rings is 1. The normalized spacial score (nSPS) is 28.8. The molecule has 0 unspecified atom stereocenters. The standard InChI is InChI=1S/C17H22N4O4/c1-16(2)11-4-7-15(17(16,3)9-8-11)19-18-13-6-5-12(20(22)23)10-14(13)21(24)25/h5-6,10-11,18H,4,7-9H2,1-3H3/b19-15-/t11-,17+/m0/s1. The van der Waals surface area contributed by atoms with Gasteiger partial charge in [0.1, 0.15) is 5.69 Å². The number of nitrogens with one attached hydrogen (secondary N) is 1. The number of nitro groups is 2. The largest absolute Gasteiger partial charge is 0.301 e. The topological polar surface area (TPSA) is 111 Å². The molecule has 0 amide bonds. The van der Waals surface area contributed by atoms with Gasteiger partial charge in [0.15, 0.2) is 0 Å². The summed E-state index contributed by atoms with van der Waals surface area (Å²) in [6, 6.07) is 3.54. The van der Waals surface area contributed by atoms with Crippen LogP contribution in [0.3, 0.4) is 0 Å². The van der Waals surface area contributed by atoms with Crippen LogP contribution in [0.15, 0.2) is 23.3 Å². The van der Waals surface area contributed by atoms with Gasteiger partial charge < -0.3 is 0 Å². The molecule has 1 aromatic rings. The Labute approximate surface area is 145 Å². The Morgan fingerprint density at radius 1 is 1.16 bits per heavy atom. The van der Waals surface area contributed by atoms with E-state index in [2.05, 4.69) is 31.3 Å². The fraction of sp³-hybridized carbons (Fsp3) is 0.588. The molecule has 2 atom stereocenters. The number of hydrogen-bond donors (Lipinski definition) is 1. The van der Waals surface area contributed by atoms with Crippen molar-refractivity contribution < 1.29 is 9.85 Å². The molecular weight excluding hydrogens is 324 g/mol. The molecular formula is C17H22N4O4. The van der Waals surface area contributed by atoms with Gasteiger partial charge in [-0.25, -0.2) is 0 Å². The van der Waals surface area contributed by atoms with Crippen molar-refractivity contribution in [3.8, 4) is 0 Å². The van der Waals surface area contributed by atoms with Crippen molar-refractivity contribution in [2.24, 2.45) is 21.8 Å². The molecule has 2 fully saturated rings. The maximum absolute atomic E-state index is 11.2. The first kappa shape index (κ1) is 17.3. The average molecular weight is 346 g/mol. The maximum Gasteiger partial charge on any atom is 0.301 e. The lowest BCUT2D eigenvalue weighted by Crippen LogP contribution is -2.44. The second-order valence-electron chi connectivity index (χ2n) is 7.71. The fourth-order valence-corrected chi connectivity index (χ4v) is 4.39. The fourth-order valence-electron chi connectivity index (χ4n) is 4.39. The van der Waals surface area contributed by atoms with Crippen molar-refractivity contribution in [2.75, 3.05) is 5.43 Å². The van der Waals surface area contributed by atoms with E-state index in [-0.39, 0.29) is 27.9 Å². The van der Waals surface area contributed by atoms with Crippen LogP contribution in [0, 0.1) is 37.0 Å². The quantitative estimate of drug-likeness (QED) is 0.637. The van der Waals surface area contributed by atoms with E-state index in [1.807, 2.05) is 0 Å². The number of nitrogens with zero attached hydrogens (tertiary/aromatic N) is 3. The Morgan fingerprint density at radius 2 is 1.88 bits per heavy atom. The minimum Gasteiger partial charge on any atom is -0.272 e. The molecule has 2 bridgehead atoms. The molecule has 25 heavy (non-hydrogen) atoms. The molecule has 0 radical (unpaired) electrons. The highest BCUT2D eigenvalue weighted by Crippen LogP contribution is 2.61. The molecule has 2 aliphatic rings. The van der Waals surface area contributed by atoms with Crippen LogP contribution in [-0.4, -0.2) is 15.6 Å². The van der Waals surface area contributed by atoms with Gasteiger partial charge in [0.25, 0.3) is 5.69 Å². The average Bonchev–Trinajstić information content (AvgIpc) is 2.69. The highest BCUT2D eigenvalue weighted by Gasteiger charge is 2.56. The van der Waals surface area contributed by atoms with Crippen molar-refractivity contribution in [1.82, 2.24) is 0 Å². The smallest absolute Gasteiger partial charge is 0.272 e. The van der Waals surface area contributed by atoms with Crippen molar-refractivity contribution >= 4 is 22.8 Å². The van der Waals surface area contributed by atoms with E-state index in [1.165, 1.54) is 18.6 Å². The van der Waals surface area contributed by atoms with Crippen LogP contribution in [0.25, 0.3) is 0 Å². The molecule has 2 saturated carbocycles. The molecule has 0 saturated heterocycles. The lowest BCUT2D eigenvalue weighted by Gasteiger charge is -2.46. The summed E-state index contributed by atoms with van der Waals surface area (Å²) >= 11 is 0. The third-order valence-corrected chi connectivity index (χ3v) is 6.50. The zero-order chi connectivity index (χ0) is 18.4. The van der Waals surface area contributed by atoms with Crippen LogP contribution in [0.2, 0.25) is 0 Å². The SMILES string of the molecule is CC1(C)[C@H]2CC/C(=N/Nc3ccc([N+](=O)[O-])cc3[N+](=O)[O-])[C@@]1(C)CC2. The third kappa shape index (κ3) is 2.65. The Kier molecular flexibility index (Phi) is 4.01. The van der Waals surface area contributed by atoms with Crippen LogP contribution in [0.1, 0.15) is 46.5 Å². The molecule has 2 aliphatic carbocycles. The van der Waals surface area contributed by atoms with Gasteiger partial charge in [-0.15, -0.1) is 0 Å². The van der Waals surface area contributed by atoms with Crippen LogP contribution < -0.4 is 5.43 Å². The summed E-state index contributed by atoms with van der Waals surface area (Å²) in [5.41, 5.74) is 3.46. The highest BCUT2D eigenvalue weighted by atomic mass is 16.6. The molecule has 3 rings (SSSR count). The summed E-state index contributed by atoms with van der Waals surface area (Å²) in [5.74, 6) is 0.685. The summed E-state index contributed by atoms with van der Waals surface area (Å²) in [4.78, 5) is 20.8. The van der Waals surface area contributed by atoms with Gasteiger partial charge in [-0.05, 0) is 43.1 Å². The molecule has 0 aromatic heterocycles. The van der Waals surface area contributed by atoms with Crippen LogP contribution >= 0.6 is 0 Å². The van der Waals surface area contributed by atoms with E-state index < -0.39 is 9.85 Å². The minimum atomic E-state index is -0.647. The number of fused-ring (bicyclic) bond motifs is 2. The highest BCUT2D eigenvalue weighted by molar-refractivity contribution is 5.92. The molecule has 0 spiro atoms. The van der Waals surface area contributed by atoms with E-state index in [0.717, 1.165) is 31.0 Å². The molecule has 8 heteroatoms. The summed E-state index contributed by atoms with van der Waals surface area (Å²) in [5, 5.41) is 26.6. The lowest BCUT2D eigenvalue weighted by molar-refractivity contribution is -0.393. The van der Waals surface area contributed by atoms with Gasteiger partial charge in [-0.2, -0.15) is 5.10 Å². The van der Waals surface area contributed by atoms with Crippen molar-refractivity contribution in [2.45, 2.75) is 46.5 Å². The van der Waals surface area contributed by atoms with Crippen LogP contribution in [-0.2, 0) is 0 Å². The monoisotopic (exact) mass is 346 g/mol. The van der Waals surface area contributed by atoms with Crippen molar-refractivity contribution in [1.29, 1.82) is 0 Å². The van der Waals surface area contributed by atoms with Crippen molar-refractivity contribution in [3.63, 3.8) is 0 Å². The number of non-ortho nitro benzene ring substituents is 1. The van der Waals surface area contributed by atoms with E-state index in [1.54, 1.807) is 0 Å². The van der Waals surface area contributed by atoms with Crippen LogP contribution in [0.4, 0.5) is 17.1 Å². The number of hydrogen-bond acceptors (Lipinski definition) is 6. The molecule has 0 heterocycles. The number of hydrazone groups is 1. The first-order valence-electron chi connectivity index (χ1n) is 8.43. The Bertz CT molecular complexity index is 774. The maximum atomic E-state index is 11.2. The van der Waals surface area contributed by atoms with E-state index in [0.29, 0.717) is 5.92 Å². The summed E-state index contributed by atoms with van der Waals surface area (Å²) in [6.07, 6.45) is 4.19. The van der Waals surface area contributed by atoms with Gasteiger partial charge in [0, 0.05) is 17.2 Å². The minimum absolute atomic E-state index is 0.0293. The van der Waals surface area contributed by atoms with Crippen molar-refractivity contribution in [3.05, 3.63) is 38.4 Å². The predicted molar refractivity (Wildman–Crippen MR) is 94.7 cm³/mol. The van der Waals surface area contributed by atoms with Gasteiger partial charge in [-0.1, -0.05) is 20.8 Å². The van der Waals surface area contributed by atoms with E-state index >= 15 is 0 Å². The Morgan fingerprint density at radius 3 is 2.52 bits per heavy atom. The molecule has 8 nitrogen and oxygen atoms in total. The van der Waals surface area contributed by atoms with Gasteiger partial charge >= 0.3 is 5.69 Å². The number of anilines is 1. The second kappa shape index (κ2) is 5.79. The van der Waals surface area contributed by atoms with Gasteiger partial charge in [-0.3, -0.25) is 25.7 Å². The lowest BCUT2D eigenvalue weighted by atomic mass is 9.58. The summed E-state index contributed by atoms with van der Waals surface area (Å²) in [6.45, 7) is 6.76. The number of nitro benzene ring substituents is 2. The molecule has 1 N–H and O–H groups in total. The Balaban J connectivity index is 1.92. The number of rotatable bonds is 4. The zero-order valence-corrected chi connectivity index (χ0v) is 14.6.